The number of hydrogen-bond acceptors (Lipinski definition) is 5. The van der Waals surface area contributed by atoms with Crippen LogP contribution < -0.4 is 10.2 Å². The molecule has 1 fully saturated rings. The lowest BCUT2D eigenvalue weighted by atomic mass is 10.1. The smallest absolute Gasteiger partial charge is 0.354 e. The van der Waals surface area contributed by atoms with Crippen LogP contribution in [0, 0.1) is 11.3 Å². The molecule has 0 saturated carbocycles. The molecule has 198 valence electrons. The molecule has 1 saturated heterocycles. The maximum absolute atomic E-state index is 13.6. The summed E-state index contributed by atoms with van der Waals surface area (Å²) in [6.45, 7) is 0.553. The lowest BCUT2D eigenvalue weighted by Gasteiger charge is -2.26. The summed E-state index contributed by atoms with van der Waals surface area (Å²) in [6, 6.07) is 13.0. The summed E-state index contributed by atoms with van der Waals surface area (Å²) in [5.41, 5.74) is 0.319. The summed E-state index contributed by atoms with van der Waals surface area (Å²) in [6.07, 6.45) is -8.08. The number of benzene rings is 2. The number of carbonyl (C=O) groups excluding carboxylic acids is 1. The molecule has 12 heteroatoms. The van der Waals surface area contributed by atoms with Gasteiger partial charge in [0.25, 0.3) is 0 Å². The molecule has 38 heavy (non-hydrogen) atoms. The summed E-state index contributed by atoms with van der Waals surface area (Å²) < 4.78 is 79.6. The number of hydrogen-bond donors (Lipinski definition) is 1. The molecule has 1 N–H and O–H groups in total. The molecule has 1 atom stereocenters. The van der Waals surface area contributed by atoms with Crippen molar-refractivity contribution in [2.45, 2.75) is 37.7 Å². The molecule has 2 heterocycles. The highest BCUT2D eigenvalue weighted by atomic mass is 19.4. The molecular formula is C26H21F6N5O. The predicted molar refractivity (Wildman–Crippen MR) is 126 cm³/mol. The molecule has 1 aromatic heterocycles. The fraction of sp³-hybridized carbons (Fsp3) is 0.308. The van der Waals surface area contributed by atoms with E-state index in [2.05, 4.69) is 15.3 Å². The van der Waals surface area contributed by atoms with Crippen molar-refractivity contribution in [1.29, 1.82) is 5.26 Å². The lowest BCUT2D eigenvalue weighted by molar-refractivity contribution is -0.144. The third-order valence-electron chi connectivity index (χ3n) is 6.12. The topological polar surface area (TPSA) is 81.9 Å². The summed E-state index contributed by atoms with van der Waals surface area (Å²) in [5, 5.41) is 11.7. The lowest BCUT2D eigenvalue weighted by Crippen LogP contribution is -2.44. The minimum atomic E-state index is -4.91. The van der Waals surface area contributed by atoms with E-state index in [4.69, 9.17) is 5.26 Å². The second-order valence-electron chi connectivity index (χ2n) is 8.71. The van der Waals surface area contributed by atoms with Crippen LogP contribution in [0.3, 0.4) is 0 Å². The average Bonchev–Trinajstić information content (AvgIpc) is 3.38. The van der Waals surface area contributed by atoms with Crippen LogP contribution >= 0.6 is 0 Å². The van der Waals surface area contributed by atoms with Crippen LogP contribution in [0.5, 0.6) is 0 Å². The van der Waals surface area contributed by atoms with E-state index in [0.717, 1.165) is 29.8 Å². The van der Waals surface area contributed by atoms with Crippen LogP contribution in [-0.4, -0.2) is 35.0 Å². The average molecular weight is 533 g/mol. The number of nitrogens with one attached hydrogen (secondary N) is 1. The van der Waals surface area contributed by atoms with Gasteiger partial charge in [-0.05, 0) is 49.1 Å². The number of nitrogens with zero attached hydrogens (tertiary/aromatic N) is 4. The Bertz CT molecular complexity index is 1330. The van der Waals surface area contributed by atoms with Crippen LogP contribution in [-0.2, 0) is 23.6 Å². The van der Waals surface area contributed by atoms with Gasteiger partial charge >= 0.3 is 12.4 Å². The zero-order valence-electron chi connectivity index (χ0n) is 19.8. The molecule has 0 bridgehead atoms. The van der Waals surface area contributed by atoms with Gasteiger partial charge in [-0.3, -0.25) is 4.79 Å². The fourth-order valence-electron chi connectivity index (χ4n) is 4.19. The third kappa shape index (κ3) is 6.22. The van der Waals surface area contributed by atoms with Gasteiger partial charge in [0.1, 0.15) is 11.9 Å². The van der Waals surface area contributed by atoms with Gasteiger partial charge in [-0.1, -0.05) is 24.3 Å². The van der Waals surface area contributed by atoms with Crippen molar-refractivity contribution < 1.29 is 31.1 Å². The second-order valence-corrected chi connectivity index (χ2v) is 8.71. The normalized spacial score (nSPS) is 15.8. The Kier molecular flexibility index (Phi) is 7.57. The van der Waals surface area contributed by atoms with Crippen molar-refractivity contribution in [2.24, 2.45) is 0 Å². The monoisotopic (exact) mass is 533 g/mol. The van der Waals surface area contributed by atoms with Gasteiger partial charge < -0.3 is 10.2 Å². The van der Waals surface area contributed by atoms with E-state index in [-0.39, 0.29) is 36.1 Å². The van der Waals surface area contributed by atoms with Gasteiger partial charge in [-0.15, -0.1) is 0 Å². The SMILES string of the molecule is N#Cc1ccc(CCNC(=O)[C@@H]2CCCN2c2cc(-c3ccc(C(F)(F)F)cc3)nc(C(F)(F)F)n2)cc1. The number of alkyl halides is 6. The molecular weight excluding hydrogens is 512 g/mol. The van der Waals surface area contributed by atoms with Crippen molar-refractivity contribution in [3.05, 3.63) is 77.1 Å². The summed E-state index contributed by atoms with van der Waals surface area (Å²) in [5.74, 6) is -1.96. The summed E-state index contributed by atoms with van der Waals surface area (Å²) >= 11 is 0. The Labute approximate surface area is 213 Å². The largest absolute Gasteiger partial charge is 0.451 e. The fourth-order valence-corrected chi connectivity index (χ4v) is 4.19. The minimum absolute atomic E-state index is 0.0507. The molecule has 0 aliphatic carbocycles. The molecule has 0 spiro atoms. The standard InChI is InChI=1S/C26H21F6N5O/c27-25(28,29)19-9-7-18(8-10-19)20-14-22(36-24(35-20)26(30,31)32)37-13-1-2-21(37)23(38)34-12-11-16-3-5-17(15-33)6-4-16/h3-10,14,21H,1-2,11-13H2,(H,34,38)/t21-/m0/s1. The van der Waals surface area contributed by atoms with E-state index in [1.807, 2.05) is 6.07 Å². The molecule has 0 unspecified atom stereocenters. The number of aromatic nitrogens is 2. The highest BCUT2D eigenvalue weighted by Gasteiger charge is 2.38. The Morgan fingerprint density at radius 2 is 1.68 bits per heavy atom. The molecule has 0 radical (unpaired) electrons. The minimum Gasteiger partial charge on any atom is -0.354 e. The molecule has 6 nitrogen and oxygen atoms in total. The van der Waals surface area contributed by atoms with Crippen molar-refractivity contribution in [3.8, 4) is 17.3 Å². The highest BCUT2D eigenvalue weighted by molar-refractivity contribution is 5.85. The summed E-state index contributed by atoms with van der Waals surface area (Å²) in [7, 11) is 0. The maximum atomic E-state index is 13.6. The number of anilines is 1. The number of carbonyl (C=O) groups is 1. The molecule has 1 aliphatic heterocycles. The van der Waals surface area contributed by atoms with Crippen molar-refractivity contribution >= 4 is 11.7 Å². The van der Waals surface area contributed by atoms with E-state index < -0.39 is 29.8 Å². The first-order valence-electron chi connectivity index (χ1n) is 11.6. The first kappa shape index (κ1) is 26.9. The van der Waals surface area contributed by atoms with Gasteiger partial charge in [0.15, 0.2) is 0 Å². The zero-order chi connectivity index (χ0) is 27.5. The maximum Gasteiger partial charge on any atom is 0.451 e. The van der Waals surface area contributed by atoms with Crippen LogP contribution in [0.2, 0.25) is 0 Å². The van der Waals surface area contributed by atoms with E-state index in [9.17, 15) is 31.1 Å². The molecule has 1 amide bonds. The van der Waals surface area contributed by atoms with Crippen LogP contribution in [0.4, 0.5) is 32.2 Å². The Morgan fingerprint density at radius 3 is 2.29 bits per heavy atom. The second kappa shape index (κ2) is 10.7. The molecule has 1 aliphatic rings. The van der Waals surface area contributed by atoms with Crippen molar-refractivity contribution in [3.63, 3.8) is 0 Å². The first-order chi connectivity index (χ1) is 18.0. The van der Waals surface area contributed by atoms with Gasteiger partial charge in [0.2, 0.25) is 11.7 Å². The Morgan fingerprint density at radius 1 is 1.00 bits per heavy atom. The molecule has 3 aromatic rings. The first-order valence-corrected chi connectivity index (χ1v) is 11.6. The third-order valence-corrected chi connectivity index (χ3v) is 6.12. The number of rotatable bonds is 6. The van der Waals surface area contributed by atoms with Crippen LogP contribution in [0.25, 0.3) is 11.3 Å². The van der Waals surface area contributed by atoms with Crippen LogP contribution in [0.15, 0.2) is 54.6 Å². The Balaban J connectivity index is 1.54. The number of halogens is 6. The van der Waals surface area contributed by atoms with Gasteiger partial charge in [0, 0.05) is 24.7 Å². The van der Waals surface area contributed by atoms with Gasteiger partial charge in [-0.25, -0.2) is 9.97 Å². The van der Waals surface area contributed by atoms with E-state index in [0.29, 0.717) is 24.8 Å². The van der Waals surface area contributed by atoms with Gasteiger partial charge in [0.05, 0.1) is 22.9 Å². The van der Waals surface area contributed by atoms with Crippen molar-refractivity contribution in [1.82, 2.24) is 15.3 Å². The molecule has 4 rings (SSSR count). The number of amides is 1. The van der Waals surface area contributed by atoms with Crippen LogP contribution in [0.1, 0.15) is 35.4 Å². The Hall–Kier alpha value is -4.14. The van der Waals surface area contributed by atoms with Crippen molar-refractivity contribution in [2.75, 3.05) is 18.0 Å². The van der Waals surface area contributed by atoms with E-state index in [1.165, 1.54) is 11.0 Å². The highest BCUT2D eigenvalue weighted by Crippen LogP contribution is 2.35. The quantitative estimate of drug-likeness (QED) is 0.431. The van der Waals surface area contributed by atoms with E-state index in [1.54, 1.807) is 24.3 Å². The number of nitriles is 1. The predicted octanol–water partition coefficient (Wildman–Crippen LogP) is 5.38. The zero-order valence-corrected chi connectivity index (χ0v) is 19.8. The molecule has 2 aromatic carbocycles. The van der Waals surface area contributed by atoms with E-state index >= 15 is 0 Å². The van der Waals surface area contributed by atoms with Gasteiger partial charge in [-0.2, -0.15) is 31.6 Å². The summed E-state index contributed by atoms with van der Waals surface area (Å²) in [4.78, 5) is 21.6.